The number of hydrogen-bond acceptors (Lipinski definition) is 8. The van der Waals surface area contributed by atoms with Crippen molar-refractivity contribution in [2.45, 2.75) is 38.8 Å². The highest BCUT2D eigenvalue weighted by molar-refractivity contribution is 7.99. The zero-order chi connectivity index (χ0) is 23.1. The topological polar surface area (TPSA) is 114 Å². The lowest BCUT2D eigenvalue weighted by atomic mass is 10.1. The molecule has 0 unspecified atom stereocenters. The number of hydrogen-bond donors (Lipinski definition) is 2. The number of ether oxygens (including phenoxy) is 1. The maximum Gasteiger partial charge on any atom is 0.311 e. The van der Waals surface area contributed by atoms with E-state index in [0.717, 1.165) is 22.2 Å². The summed E-state index contributed by atoms with van der Waals surface area (Å²) in [5.74, 6) is -0.541. The van der Waals surface area contributed by atoms with Gasteiger partial charge in [-0.25, -0.2) is 9.97 Å². The second kappa shape index (κ2) is 11.1. The minimum Gasteiger partial charge on any atom is -0.466 e. The van der Waals surface area contributed by atoms with Crippen LogP contribution in [0.25, 0.3) is 0 Å². The van der Waals surface area contributed by atoms with Crippen molar-refractivity contribution in [3.8, 4) is 0 Å². The molecule has 0 bridgehead atoms. The number of carbonyl (C=O) groups excluding carboxylic acids is 2. The maximum atomic E-state index is 12.5. The first kappa shape index (κ1) is 23.7. The first-order valence-electron chi connectivity index (χ1n) is 10.0. The number of thiazole rings is 1. The SMILES string of the molecule is CCOC(=O)Cc1sc(NC(=O)CSc2nc(C)c(Cc3ccccc3)c(=O)[nH]2)nc1C. The standard InChI is InChI=1S/C22H24N4O4S2/c1-4-30-19(28)11-17-14(3)24-22(32-17)25-18(27)12-31-21-23-13(2)16(20(29)26-21)10-15-8-6-5-7-9-15/h5-9H,4,10-12H2,1-3H3,(H,23,26,29)(H,24,25,27). The van der Waals surface area contributed by atoms with Crippen molar-refractivity contribution in [1.29, 1.82) is 0 Å². The molecule has 2 heterocycles. The first-order chi connectivity index (χ1) is 15.4. The highest BCUT2D eigenvalue weighted by Crippen LogP contribution is 2.24. The van der Waals surface area contributed by atoms with Gasteiger partial charge in [-0.2, -0.15) is 0 Å². The smallest absolute Gasteiger partial charge is 0.311 e. The zero-order valence-corrected chi connectivity index (χ0v) is 19.7. The minimum absolute atomic E-state index is 0.0618. The highest BCUT2D eigenvalue weighted by Gasteiger charge is 2.15. The summed E-state index contributed by atoms with van der Waals surface area (Å²) in [4.78, 5) is 48.8. The normalized spacial score (nSPS) is 10.7. The molecular formula is C22H24N4O4S2. The van der Waals surface area contributed by atoms with E-state index in [9.17, 15) is 14.4 Å². The third kappa shape index (κ3) is 6.51. The summed E-state index contributed by atoms with van der Waals surface area (Å²) in [6.45, 7) is 5.65. The summed E-state index contributed by atoms with van der Waals surface area (Å²) in [5, 5.41) is 3.53. The molecule has 0 spiro atoms. The van der Waals surface area contributed by atoms with Crippen molar-refractivity contribution in [1.82, 2.24) is 15.0 Å². The number of nitrogens with one attached hydrogen (secondary N) is 2. The number of esters is 1. The van der Waals surface area contributed by atoms with E-state index in [0.29, 0.717) is 40.3 Å². The van der Waals surface area contributed by atoms with E-state index < -0.39 is 0 Å². The van der Waals surface area contributed by atoms with Gasteiger partial charge < -0.3 is 15.0 Å². The number of aryl methyl sites for hydroxylation is 2. The number of nitrogens with zero attached hydrogens (tertiary/aromatic N) is 2. The molecule has 0 radical (unpaired) electrons. The highest BCUT2D eigenvalue weighted by atomic mass is 32.2. The molecule has 0 fully saturated rings. The maximum absolute atomic E-state index is 12.5. The van der Waals surface area contributed by atoms with Gasteiger partial charge in [0.1, 0.15) is 0 Å². The van der Waals surface area contributed by atoms with E-state index in [1.165, 1.54) is 11.3 Å². The Morgan fingerprint density at radius 3 is 2.59 bits per heavy atom. The van der Waals surface area contributed by atoms with Gasteiger partial charge in [-0.1, -0.05) is 42.1 Å². The van der Waals surface area contributed by atoms with Crippen LogP contribution in [0.1, 0.15) is 34.3 Å². The molecule has 168 valence electrons. The summed E-state index contributed by atoms with van der Waals surface area (Å²) in [6, 6.07) is 9.71. The van der Waals surface area contributed by atoms with E-state index in [1.807, 2.05) is 30.3 Å². The van der Waals surface area contributed by atoms with Gasteiger partial charge in [0.05, 0.1) is 24.5 Å². The molecule has 3 rings (SSSR count). The van der Waals surface area contributed by atoms with Crippen LogP contribution in [0, 0.1) is 13.8 Å². The second-order valence-electron chi connectivity index (χ2n) is 6.94. The van der Waals surface area contributed by atoms with Crippen LogP contribution in [-0.4, -0.2) is 39.2 Å². The third-order valence-corrected chi connectivity index (χ3v) is 6.46. The van der Waals surface area contributed by atoms with Crippen molar-refractivity contribution < 1.29 is 14.3 Å². The summed E-state index contributed by atoms with van der Waals surface area (Å²) in [7, 11) is 0. The number of anilines is 1. The molecule has 0 saturated heterocycles. The molecular weight excluding hydrogens is 448 g/mol. The van der Waals surface area contributed by atoms with Gasteiger partial charge in [-0.3, -0.25) is 14.4 Å². The van der Waals surface area contributed by atoms with Crippen LogP contribution in [0.4, 0.5) is 5.13 Å². The van der Waals surface area contributed by atoms with Gasteiger partial charge in [0.2, 0.25) is 5.91 Å². The summed E-state index contributed by atoms with van der Waals surface area (Å²) in [5.41, 5.74) is 2.76. The molecule has 8 nitrogen and oxygen atoms in total. The molecule has 10 heteroatoms. The fraction of sp³-hybridized carbons (Fsp3) is 0.318. The number of aromatic amines is 1. The fourth-order valence-electron chi connectivity index (χ4n) is 2.94. The van der Waals surface area contributed by atoms with Gasteiger partial charge >= 0.3 is 5.97 Å². The number of thioether (sulfide) groups is 1. The van der Waals surface area contributed by atoms with Crippen molar-refractivity contribution in [3.63, 3.8) is 0 Å². The average Bonchev–Trinajstić information content (AvgIpc) is 3.08. The van der Waals surface area contributed by atoms with Crippen LogP contribution in [0.3, 0.4) is 0 Å². The average molecular weight is 473 g/mol. The number of carbonyl (C=O) groups is 2. The van der Waals surface area contributed by atoms with E-state index in [2.05, 4.69) is 20.3 Å². The van der Waals surface area contributed by atoms with E-state index >= 15 is 0 Å². The van der Waals surface area contributed by atoms with E-state index in [1.54, 1.807) is 20.8 Å². The molecule has 1 aromatic carbocycles. The van der Waals surface area contributed by atoms with Gasteiger partial charge in [0.15, 0.2) is 10.3 Å². The van der Waals surface area contributed by atoms with Gasteiger partial charge in [0.25, 0.3) is 5.56 Å². The molecule has 3 aromatic rings. The molecule has 32 heavy (non-hydrogen) atoms. The fourth-order valence-corrected chi connectivity index (χ4v) is 4.61. The number of aromatic nitrogens is 3. The Bertz CT molecular complexity index is 1160. The van der Waals surface area contributed by atoms with Crippen molar-refractivity contribution >= 4 is 40.1 Å². The molecule has 2 aromatic heterocycles. The molecule has 0 saturated carbocycles. The molecule has 0 aliphatic rings. The predicted octanol–water partition coefficient (Wildman–Crippen LogP) is 3.27. The molecule has 0 aliphatic carbocycles. The molecule has 1 amide bonds. The quantitative estimate of drug-likeness (QED) is 0.279. The summed E-state index contributed by atoms with van der Waals surface area (Å²) in [6.07, 6.45) is 0.625. The van der Waals surface area contributed by atoms with Crippen molar-refractivity contribution in [3.05, 3.63) is 68.1 Å². The first-order valence-corrected chi connectivity index (χ1v) is 11.8. The Labute approximate surface area is 193 Å². The van der Waals surface area contributed by atoms with Crippen LogP contribution < -0.4 is 10.9 Å². The predicted molar refractivity (Wildman–Crippen MR) is 125 cm³/mol. The van der Waals surface area contributed by atoms with E-state index in [4.69, 9.17) is 4.74 Å². The van der Waals surface area contributed by atoms with Gasteiger partial charge in [-0.15, -0.1) is 11.3 Å². The molecule has 0 atom stereocenters. The van der Waals surface area contributed by atoms with Crippen LogP contribution in [0.15, 0.2) is 40.3 Å². The number of benzene rings is 1. The Morgan fingerprint density at radius 2 is 1.91 bits per heavy atom. The lowest BCUT2D eigenvalue weighted by Gasteiger charge is -2.07. The minimum atomic E-state index is -0.325. The Morgan fingerprint density at radius 1 is 1.16 bits per heavy atom. The monoisotopic (exact) mass is 472 g/mol. The molecule has 2 N–H and O–H groups in total. The van der Waals surface area contributed by atoms with Crippen LogP contribution in [0.2, 0.25) is 0 Å². The second-order valence-corrected chi connectivity index (χ2v) is 8.99. The summed E-state index contributed by atoms with van der Waals surface area (Å²) >= 11 is 2.39. The number of H-pyrrole nitrogens is 1. The van der Waals surface area contributed by atoms with Crippen LogP contribution >= 0.6 is 23.1 Å². The lowest BCUT2D eigenvalue weighted by Crippen LogP contribution is -2.19. The van der Waals surface area contributed by atoms with Gasteiger partial charge in [-0.05, 0) is 26.3 Å². The zero-order valence-electron chi connectivity index (χ0n) is 18.1. The third-order valence-electron chi connectivity index (χ3n) is 4.51. The lowest BCUT2D eigenvalue weighted by molar-refractivity contribution is -0.142. The number of rotatable bonds is 9. The van der Waals surface area contributed by atoms with Crippen LogP contribution in [0.5, 0.6) is 0 Å². The van der Waals surface area contributed by atoms with Gasteiger partial charge in [0, 0.05) is 22.6 Å². The Hall–Kier alpha value is -2.98. The Kier molecular flexibility index (Phi) is 8.18. The molecule has 0 aliphatic heterocycles. The largest absolute Gasteiger partial charge is 0.466 e. The van der Waals surface area contributed by atoms with Crippen molar-refractivity contribution in [2.75, 3.05) is 17.7 Å². The summed E-state index contributed by atoms with van der Waals surface area (Å²) < 4.78 is 4.95. The number of amides is 1. The van der Waals surface area contributed by atoms with E-state index in [-0.39, 0.29) is 29.6 Å². The Balaban J connectivity index is 1.58. The van der Waals surface area contributed by atoms with Crippen LogP contribution in [-0.2, 0) is 27.2 Å². The van der Waals surface area contributed by atoms with Crippen molar-refractivity contribution in [2.24, 2.45) is 0 Å².